The fourth-order valence-corrected chi connectivity index (χ4v) is 2.98. The molecule has 0 aliphatic heterocycles. The molecule has 2 aromatic carbocycles. The highest BCUT2D eigenvalue weighted by Crippen LogP contribution is 2.33. The van der Waals surface area contributed by atoms with Gasteiger partial charge in [-0.1, -0.05) is 6.07 Å². The minimum absolute atomic E-state index is 0.0775. The first-order valence-corrected chi connectivity index (χ1v) is 8.51. The molecule has 0 saturated carbocycles. The first-order chi connectivity index (χ1) is 12.0. The number of benzene rings is 2. The molecule has 26 heavy (non-hydrogen) atoms. The Kier molecular flexibility index (Phi) is 5.45. The number of rotatable bonds is 5. The molecular formula is C16H14F3NO5S. The molecule has 1 amide bonds. The lowest BCUT2D eigenvalue weighted by molar-refractivity contribution is -0.137. The highest BCUT2D eigenvalue weighted by atomic mass is 32.2. The van der Waals surface area contributed by atoms with Crippen molar-refractivity contribution in [3.8, 4) is 11.5 Å². The van der Waals surface area contributed by atoms with E-state index in [1.807, 2.05) is 0 Å². The third-order valence-electron chi connectivity index (χ3n) is 3.14. The number of anilines is 1. The van der Waals surface area contributed by atoms with Crippen LogP contribution in [0.2, 0.25) is 0 Å². The van der Waals surface area contributed by atoms with E-state index in [1.165, 1.54) is 20.1 Å². The Bertz CT molecular complexity index is 926. The van der Waals surface area contributed by atoms with E-state index in [-0.39, 0.29) is 16.3 Å². The van der Waals surface area contributed by atoms with Gasteiger partial charge in [0.05, 0.1) is 18.4 Å². The van der Waals surface area contributed by atoms with Gasteiger partial charge >= 0.3 is 16.3 Å². The van der Waals surface area contributed by atoms with Gasteiger partial charge < -0.3 is 14.2 Å². The molecule has 6 nitrogen and oxygen atoms in total. The van der Waals surface area contributed by atoms with E-state index < -0.39 is 33.5 Å². The minimum atomic E-state index is -4.64. The van der Waals surface area contributed by atoms with Crippen LogP contribution in [-0.2, 0) is 21.1 Å². The number of methoxy groups -OCH3 is 1. The average Bonchev–Trinajstić information content (AvgIpc) is 2.53. The summed E-state index contributed by atoms with van der Waals surface area (Å²) < 4.78 is 72.6. The molecule has 0 fully saturated rings. The number of carbonyl (C=O) groups excluding carboxylic acids is 1. The van der Waals surface area contributed by atoms with Crippen LogP contribution in [0.1, 0.15) is 12.5 Å². The minimum Gasteiger partial charge on any atom is -0.495 e. The molecule has 0 heterocycles. The number of hydrogen-bond donors (Lipinski definition) is 1. The number of halogens is 3. The SMILES string of the molecule is COc1ccc(S(=O)(=O)Oc2cccc(C(F)(F)F)c2)cc1NC(C)=O. The van der Waals surface area contributed by atoms with Crippen molar-refractivity contribution in [1.82, 2.24) is 0 Å². The van der Waals surface area contributed by atoms with E-state index >= 15 is 0 Å². The lowest BCUT2D eigenvalue weighted by atomic mass is 10.2. The fraction of sp³-hybridized carbons (Fsp3) is 0.188. The van der Waals surface area contributed by atoms with Gasteiger partial charge in [-0.2, -0.15) is 21.6 Å². The first-order valence-electron chi connectivity index (χ1n) is 7.10. The number of amides is 1. The van der Waals surface area contributed by atoms with Gasteiger partial charge in [0.2, 0.25) is 5.91 Å². The largest absolute Gasteiger partial charge is 0.495 e. The van der Waals surface area contributed by atoms with Crippen LogP contribution in [0, 0.1) is 0 Å². The van der Waals surface area contributed by atoms with Gasteiger partial charge in [0.1, 0.15) is 16.4 Å². The van der Waals surface area contributed by atoms with Crippen LogP contribution < -0.4 is 14.2 Å². The molecule has 0 saturated heterocycles. The van der Waals surface area contributed by atoms with E-state index in [0.717, 1.165) is 30.3 Å². The maximum Gasteiger partial charge on any atom is 0.416 e. The Balaban J connectivity index is 2.37. The fourth-order valence-electron chi connectivity index (χ4n) is 2.03. The van der Waals surface area contributed by atoms with Crippen molar-refractivity contribution in [3.63, 3.8) is 0 Å². The first kappa shape index (κ1) is 19.6. The van der Waals surface area contributed by atoms with Gasteiger partial charge in [0, 0.05) is 6.92 Å². The molecule has 2 rings (SSSR count). The van der Waals surface area contributed by atoms with Crippen LogP contribution in [-0.4, -0.2) is 21.4 Å². The Morgan fingerprint density at radius 2 is 1.81 bits per heavy atom. The molecule has 2 aromatic rings. The zero-order valence-corrected chi connectivity index (χ0v) is 14.4. The maximum atomic E-state index is 12.7. The topological polar surface area (TPSA) is 81.7 Å². The quantitative estimate of drug-likeness (QED) is 0.793. The summed E-state index contributed by atoms with van der Waals surface area (Å²) in [5.41, 5.74) is -0.965. The molecular weight excluding hydrogens is 375 g/mol. The van der Waals surface area contributed by atoms with Gasteiger partial charge in [0.25, 0.3) is 0 Å². The Morgan fingerprint density at radius 3 is 2.38 bits per heavy atom. The molecule has 140 valence electrons. The summed E-state index contributed by atoms with van der Waals surface area (Å²) >= 11 is 0. The number of ether oxygens (including phenoxy) is 1. The van der Waals surface area contributed by atoms with Crippen molar-refractivity contribution in [1.29, 1.82) is 0 Å². The van der Waals surface area contributed by atoms with E-state index in [1.54, 1.807) is 0 Å². The predicted molar refractivity (Wildman–Crippen MR) is 86.6 cm³/mol. The number of nitrogens with one attached hydrogen (secondary N) is 1. The summed E-state index contributed by atoms with van der Waals surface area (Å²) in [6, 6.07) is 7.01. The molecule has 0 aliphatic rings. The van der Waals surface area contributed by atoms with Crippen molar-refractivity contribution >= 4 is 21.7 Å². The monoisotopic (exact) mass is 389 g/mol. The second-order valence-electron chi connectivity index (χ2n) is 5.11. The lowest BCUT2D eigenvalue weighted by Gasteiger charge is -2.13. The third-order valence-corrected chi connectivity index (χ3v) is 4.38. The molecule has 0 aliphatic carbocycles. The summed E-state index contributed by atoms with van der Waals surface area (Å²) in [7, 11) is -3.11. The molecule has 0 aromatic heterocycles. The van der Waals surface area contributed by atoms with Gasteiger partial charge in [-0.15, -0.1) is 0 Å². The summed E-state index contributed by atoms with van der Waals surface area (Å²) in [6.45, 7) is 1.22. The van der Waals surface area contributed by atoms with Gasteiger partial charge in [-0.05, 0) is 36.4 Å². The highest BCUT2D eigenvalue weighted by Gasteiger charge is 2.31. The molecule has 0 atom stereocenters. The average molecular weight is 389 g/mol. The van der Waals surface area contributed by atoms with Crippen molar-refractivity contribution in [2.45, 2.75) is 18.0 Å². The molecule has 0 radical (unpaired) electrons. The van der Waals surface area contributed by atoms with Crippen molar-refractivity contribution < 1.29 is 35.3 Å². The zero-order valence-electron chi connectivity index (χ0n) is 13.6. The summed E-state index contributed by atoms with van der Waals surface area (Å²) in [5, 5.41) is 2.40. The molecule has 0 bridgehead atoms. The Morgan fingerprint density at radius 1 is 1.12 bits per heavy atom. The number of hydrogen-bond acceptors (Lipinski definition) is 5. The van der Waals surface area contributed by atoms with Crippen LogP contribution in [0.3, 0.4) is 0 Å². The maximum absolute atomic E-state index is 12.7. The van der Waals surface area contributed by atoms with Gasteiger partial charge in [-0.3, -0.25) is 4.79 Å². The summed E-state index contributed by atoms with van der Waals surface area (Å²) in [4.78, 5) is 10.8. The smallest absolute Gasteiger partial charge is 0.416 e. The van der Waals surface area contributed by atoms with E-state index in [4.69, 9.17) is 8.92 Å². The van der Waals surface area contributed by atoms with E-state index in [9.17, 15) is 26.4 Å². The Labute approximate surface area is 147 Å². The van der Waals surface area contributed by atoms with Crippen LogP contribution in [0.4, 0.5) is 18.9 Å². The normalized spacial score (nSPS) is 11.7. The molecule has 0 spiro atoms. The second kappa shape index (κ2) is 7.24. The van der Waals surface area contributed by atoms with Crippen LogP contribution >= 0.6 is 0 Å². The van der Waals surface area contributed by atoms with Gasteiger partial charge in [0.15, 0.2) is 0 Å². The standard InChI is InChI=1S/C16H14F3NO5S/c1-10(21)20-14-9-13(6-7-15(14)24-2)26(22,23)25-12-5-3-4-11(8-12)16(17,18)19/h3-9H,1-2H3,(H,20,21). The summed E-state index contributed by atoms with van der Waals surface area (Å²) in [5.74, 6) is -0.744. The highest BCUT2D eigenvalue weighted by molar-refractivity contribution is 7.87. The zero-order chi connectivity index (χ0) is 19.5. The van der Waals surface area contributed by atoms with Crippen LogP contribution in [0.15, 0.2) is 47.4 Å². The van der Waals surface area contributed by atoms with E-state index in [2.05, 4.69) is 5.32 Å². The second-order valence-corrected chi connectivity index (χ2v) is 6.65. The van der Waals surface area contributed by atoms with Crippen molar-refractivity contribution in [3.05, 3.63) is 48.0 Å². The third kappa shape index (κ3) is 4.66. The number of alkyl halides is 3. The van der Waals surface area contributed by atoms with Crippen molar-refractivity contribution in [2.24, 2.45) is 0 Å². The molecule has 1 N–H and O–H groups in total. The van der Waals surface area contributed by atoms with E-state index in [0.29, 0.717) is 6.07 Å². The summed E-state index contributed by atoms with van der Waals surface area (Å²) in [6.07, 6.45) is -4.64. The Hall–Kier alpha value is -2.75. The van der Waals surface area contributed by atoms with Gasteiger partial charge in [-0.25, -0.2) is 0 Å². The lowest BCUT2D eigenvalue weighted by Crippen LogP contribution is -2.13. The number of carbonyl (C=O) groups is 1. The van der Waals surface area contributed by atoms with Crippen molar-refractivity contribution in [2.75, 3.05) is 12.4 Å². The molecule has 0 unspecified atom stereocenters. The van der Waals surface area contributed by atoms with Crippen LogP contribution in [0.25, 0.3) is 0 Å². The predicted octanol–water partition coefficient (Wildman–Crippen LogP) is 3.44. The van der Waals surface area contributed by atoms with Crippen LogP contribution in [0.5, 0.6) is 11.5 Å². The molecule has 10 heteroatoms.